The largest absolute Gasteiger partial charge is 0.386 e. The molecule has 0 aromatic carbocycles. The molecule has 0 saturated carbocycles. The van der Waals surface area contributed by atoms with Crippen molar-refractivity contribution in [2.45, 2.75) is 12.1 Å². The van der Waals surface area contributed by atoms with E-state index in [0.717, 1.165) is 37.7 Å². The molecular formula is C15H27N7O. The predicted molar refractivity (Wildman–Crippen MR) is 89.3 cm³/mol. The van der Waals surface area contributed by atoms with Gasteiger partial charge in [0, 0.05) is 77.7 Å². The molecule has 8 nitrogen and oxygen atoms in total. The van der Waals surface area contributed by atoms with Crippen molar-refractivity contribution in [3.05, 3.63) is 18.0 Å². The second-order valence-corrected chi connectivity index (χ2v) is 6.29. The zero-order valence-corrected chi connectivity index (χ0v) is 13.9. The first-order chi connectivity index (χ1) is 11.2. The van der Waals surface area contributed by atoms with Gasteiger partial charge in [-0.3, -0.25) is 19.5 Å². The Kier molecular flexibility index (Phi) is 5.14. The number of aliphatic hydroxyl groups is 1. The first kappa shape index (κ1) is 16.2. The van der Waals surface area contributed by atoms with Crippen molar-refractivity contribution >= 4 is 5.96 Å². The fraction of sp³-hybridized carbons (Fsp3) is 0.733. The average Bonchev–Trinajstić information content (AvgIpc) is 3.02. The van der Waals surface area contributed by atoms with E-state index in [1.54, 1.807) is 17.9 Å². The number of nitrogens with zero attached hydrogens (tertiary/aromatic N) is 5. The van der Waals surface area contributed by atoms with Crippen LogP contribution in [0.25, 0.3) is 0 Å². The summed E-state index contributed by atoms with van der Waals surface area (Å²) in [4.78, 5) is 9.30. The number of hydrogen-bond donors (Lipinski definition) is 3. The lowest BCUT2D eigenvalue weighted by Gasteiger charge is -2.47. The molecule has 2 bridgehead atoms. The maximum absolute atomic E-state index is 10.2. The highest BCUT2D eigenvalue weighted by atomic mass is 16.3. The van der Waals surface area contributed by atoms with Crippen molar-refractivity contribution in [2.24, 2.45) is 12.0 Å². The van der Waals surface area contributed by atoms with E-state index in [0.29, 0.717) is 12.6 Å². The van der Waals surface area contributed by atoms with Crippen molar-refractivity contribution < 1.29 is 5.11 Å². The Morgan fingerprint density at radius 1 is 1.39 bits per heavy atom. The Bertz CT molecular complexity index is 536. The minimum atomic E-state index is -0.595. The quantitative estimate of drug-likeness (QED) is 0.458. The Hall–Kier alpha value is -1.64. The number of hydrogen-bond acceptors (Lipinski definition) is 5. The van der Waals surface area contributed by atoms with Crippen LogP contribution in [0.3, 0.4) is 0 Å². The van der Waals surface area contributed by atoms with Gasteiger partial charge in [-0.1, -0.05) is 0 Å². The summed E-state index contributed by atoms with van der Waals surface area (Å²) < 4.78 is 1.69. The van der Waals surface area contributed by atoms with Gasteiger partial charge in [-0.05, 0) is 0 Å². The Labute approximate surface area is 137 Å². The molecule has 1 aromatic heterocycles. The molecule has 128 valence electrons. The van der Waals surface area contributed by atoms with Crippen LogP contribution in [0.2, 0.25) is 0 Å². The van der Waals surface area contributed by atoms with Gasteiger partial charge in [-0.15, -0.1) is 0 Å². The zero-order chi connectivity index (χ0) is 16.2. The molecule has 1 aromatic rings. The van der Waals surface area contributed by atoms with Crippen LogP contribution < -0.4 is 10.6 Å². The summed E-state index contributed by atoms with van der Waals surface area (Å²) in [7, 11) is 3.59. The minimum Gasteiger partial charge on any atom is -0.386 e. The van der Waals surface area contributed by atoms with E-state index >= 15 is 0 Å². The molecule has 0 amide bonds. The topological polar surface area (TPSA) is 80.9 Å². The normalized spacial score (nSPS) is 28.7. The minimum absolute atomic E-state index is 0.409. The number of aliphatic hydroxyl groups excluding tert-OH is 1. The molecule has 8 heteroatoms. The van der Waals surface area contributed by atoms with Crippen molar-refractivity contribution in [3.63, 3.8) is 0 Å². The van der Waals surface area contributed by atoms with E-state index < -0.39 is 6.10 Å². The van der Waals surface area contributed by atoms with Gasteiger partial charge in [0.1, 0.15) is 0 Å². The number of aromatic nitrogens is 2. The lowest BCUT2D eigenvalue weighted by atomic mass is 10.1. The van der Waals surface area contributed by atoms with Gasteiger partial charge < -0.3 is 15.7 Å². The summed E-state index contributed by atoms with van der Waals surface area (Å²) in [6.07, 6.45) is 2.91. The molecular weight excluding hydrogens is 294 g/mol. The standard InChI is InChI=1S/C15H27N7O/c1-16-15(18-9-14(23)12-7-19-20(2)10-12)17-8-13-11-21-3-5-22(13)6-4-21/h7,10,13-14,23H,3-6,8-9,11H2,1-2H3,(H2,16,17,18). The molecule has 0 spiro atoms. The number of guanidine groups is 1. The number of aryl methyl sites for hydroxylation is 1. The summed E-state index contributed by atoms with van der Waals surface area (Å²) in [5, 5.41) is 20.8. The van der Waals surface area contributed by atoms with Crippen molar-refractivity contribution in [2.75, 3.05) is 52.9 Å². The van der Waals surface area contributed by atoms with Gasteiger partial charge >= 0.3 is 0 Å². The Balaban J connectivity index is 1.43. The van der Waals surface area contributed by atoms with Crippen LogP contribution >= 0.6 is 0 Å². The average molecular weight is 321 g/mol. The summed E-state index contributed by atoms with van der Waals surface area (Å²) in [6, 6.07) is 0.541. The summed E-state index contributed by atoms with van der Waals surface area (Å²) >= 11 is 0. The number of aliphatic imine (C=N–C) groups is 1. The van der Waals surface area contributed by atoms with E-state index in [2.05, 4.69) is 30.5 Å². The second-order valence-electron chi connectivity index (χ2n) is 6.29. The van der Waals surface area contributed by atoms with Gasteiger partial charge in [-0.2, -0.15) is 5.10 Å². The van der Waals surface area contributed by atoms with Crippen LogP contribution in [0.4, 0.5) is 0 Å². The number of nitrogens with one attached hydrogen (secondary N) is 2. The summed E-state index contributed by atoms with van der Waals surface area (Å²) in [5.41, 5.74) is 0.805. The lowest BCUT2D eigenvalue weighted by Crippen LogP contribution is -2.63. The van der Waals surface area contributed by atoms with Crippen LogP contribution in [0.1, 0.15) is 11.7 Å². The van der Waals surface area contributed by atoms with Crippen molar-refractivity contribution in [1.82, 2.24) is 30.2 Å². The summed E-state index contributed by atoms with van der Waals surface area (Å²) in [5.74, 6) is 0.727. The monoisotopic (exact) mass is 321 g/mol. The lowest BCUT2D eigenvalue weighted by molar-refractivity contribution is 0.0154. The fourth-order valence-corrected chi connectivity index (χ4v) is 3.28. The Morgan fingerprint density at radius 3 is 2.74 bits per heavy atom. The van der Waals surface area contributed by atoms with E-state index in [9.17, 15) is 5.11 Å². The zero-order valence-electron chi connectivity index (χ0n) is 13.9. The van der Waals surface area contributed by atoms with Gasteiger partial charge in [0.15, 0.2) is 5.96 Å². The maximum Gasteiger partial charge on any atom is 0.191 e. The predicted octanol–water partition coefficient (Wildman–Crippen LogP) is -1.38. The van der Waals surface area contributed by atoms with Crippen LogP contribution in [0, 0.1) is 0 Å². The number of rotatable bonds is 5. The maximum atomic E-state index is 10.2. The van der Waals surface area contributed by atoms with Crippen LogP contribution in [0.5, 0.6) is 0 Å². The van der Waals surface area contributed by atoms with Crippen LogP contribution in [-0.2, 0) is 7.05 Å². The number of fused-ring (bicyclic) bond motifs is 3. The van der Waals surface area contributed by atoms with E-state index in [1.807, 2.05) is 13.2 Å². The van der Waals surface area contributed by atoms with Gasteiger partial charge in [0.25, 0.3) is 0 Å². The molecule has 0 radical (unpaired) electrons. The number of piperazine rings is 3. The second kappa shape index (κ2) is 7.29. The van der Waals surface area contributed by atoms with Crippen molar-refractivity contribution in [1.29, 1.82) is 0 Å². The molecule has 3 N–H and O–H groups in total. The third-order valence-corrected chi connectivity index (χ3v) is 4.69. The van der Waals surface area contributed by atoms with E-state index in [-0.39, 0.29) is 0 Å². The first-order valence-corrected chi connectivity index (χ1v) is 8.23. The van der Waals surface area contributed by atoms with Crippen molar-refractivity contribution in [3.8, 4) is 0 Å². The third-order valence-electron chi connectivity index (χ3n) is 4.69. The van der Waals surface area contributed by atoms with Crippen LogP contribution in [-0.4, -0.2) is 89.5 Å². The molecule has 3 saturated heterocycles. The SMILES string of the molecule is CN=C(NCC(O)c1cnn(C)c1)NCC1CN2CCN1CC2. The molecule has 4 heterocycles. The molecule has 0 aliphatic carbocycles. The van der Waals surface area contributed by atoms with Crippen LogP contribution in [0.15, 0.2) is 17.4 Å². The molecule has 2 atom stereocenters. The van der Waals surface area contributed by atoms with E-state index in [1.165, 1.54) is 13.1 Å². The molecule has 3 aliphatic heterocycles. The highest BCUT2D eigenvalue weighted by molar-refractivity contribution is 5.79. The highest BCUT2D eigenvalue weighted by Crippen LogP contribution is 2.14. The molecule has 4 rings (SSSR count). The smallest absolute Gasteiger partial charge is 0.191 e. The summed E-state index contributed by atoms with van der Waals surface area (Å²) in [6.45, 7) is 7.13. The third kappa shape index (κ3) is 4.01. The molecule has 3 aliphatic rings. The van der Waals surface area contributed by atoms with Gasteiger partial charge in [0.2, 0.25) is 0 Å². The fourth-order valence-electron chi connectivity index (χ4n) is 3.28. The highest BCUT2D eigenvalue weighted by Gasteiger charge is 2.31. The molecule has 2 unspecified atom stereocenters. The first-order valence-electron chi connectivity index (χ1n) is 8.23. The molecule has 23 heavy (non-hydrogen) atoms. The van der Waals surface area contributed by atoms with Gasteiger partial charge in [0.05, 0.1) is 12.3 Å². The Morgan fingerprint density at radius 2 is 2.17 bits per heavy atom. The van der Waals surface area contributed by atoms with E-state index in [4.69, 9.17) is 0 Å². The molecule has 3 fully saturated rings. The van der Waals surface area contributed by atoms with Gasteiger partial charge in [-0.25, -0.2) is 0 Å².